The van der Waals surface area contributed by atoms with Crippen LogP contribution in [-0.4, -0.2) is 193 Å². The summed E-state index contributed by atoms with van der Waals surface area (Å²) in [5.41, 5.74) is 0. The number of hydrogen-bond donors (Lipinski definition) is 12. The molecule has 1 amide bonds. The van der Waals surface area contributed by atoms with Gasteiger partial charge in [-0.05, 0) is 57.8 Å². The highest BCUT2D eigenvalue weighted by Crippen LogP contribution is 2.33. The van der Waals surface area contributed by atoms with E-state index in [0.717, 1.165) is 103 Å². The molecular weight excluding hydrogens is 1260 g/mol. The van der Waals surface area contributed by atoms with E-state index in [1.165, 1.54) is 173 Å². The number of aliphatic hydroxyl groups excluding tert-OH is 11. The molecule has 12 N–H and O–H groups in total. The average molecular weight is 1410 g/mol. The van der Waals surface area contributed by atoms with E-state index < -0.39 is 124 Å². The summed E-state index contributed by atoms with van der Waals surface area (Å²) < 4.78 is 34.5. The van der Waals surface area contributed by atoms with E-state index in [1.54, 1.807) is 0 Å². The quantitative estimate of drug-likeness (QED) is 0.0199. The Morgan fingerprint density at radius 1 is 0.374 bits per heavy atom. The van der Waals surface area contributed by atoms with Crippen LogP contribution in [0.2, 0.25) is 0 Å². The van der Waals surface area contributed by atoms with Gasteiger partial charge in [0.2, 0.25) is 5.91 Å². The summed E-state index contributed by atoms with van der Waals surface area (Å²) in [6.45, 7) is 1.71. The third kappa shape index (κ3) is 41.1. The van der Waals surface area contributed by atoms with E-state index in [-0.39, 0.29) is 18.9 Å². The van der Waals surface area contributed by atoms with Crippen molar-refractivity contribution in [2.24, 2.45) is 0 Å². The maximum atomic E-state index is 13.5. The number of amides is 1. The predicted molar refractivity (Wildman–Crippen MR) is 392 cm³/mol. The minimum absolute atomic E-state index is 0.251. The van der Waals surface area contributed by atoms with Crippen LogP contribution in [0.25, 0.3) is 0 Å². The van der Waals surface area contributed by atoms with Crippen LogP contribution in [0, 0.1) is 0 Å². The Balaban J connectivity index is 1.37. The lowest BCUT2D eigenvalue weighted by atomic mass is 9.96. The van der Waals surface area contributed by atoms with Gasteiger partial charge in [-0.25, -0.2) is 0 Å². The summed E-state index contributed by atoms with van der Waals surface area (Å²) in [4.78, 5) is 13.5. The van der Waals surface area contributed by atoms with Crippen molar-refractivity contribution in [2.75, 3.05) is 26.4 Å². The molecule has 3 heterocycles. The van der Waals surface area contributed by atoms with Gasteiger partial charge in [-0.2, -0.15) is 0 Å². The number of aliphatic hydroxyl groups is 11. The maximum absolute atomic E-state index is 13.5. The summed E-state index contributed by atoms with van der Waals surface area (Å²) >= 11 is 0. The molecule has 0 aromatic heterocycles. The lowest BCUT2D eigenvalue weighted by molar-refractivity contribution is -0.379. The Bertz CT molecular complexity index is 2020. The number of rotatable bonds is 63. The van der Waals surface area contributed by atoms with Crippen molar-refractivity contribution in [3.8, 4) is 0 Å². The van der Waals surface area contributed by atoms with Crippen molar-refractivity contribution >= 4 is 5.91 Å². The van der Waals surface area contributed by atoms with Gasteiger partial charge in [0.1, 0.15) is 73.2 Å². The first kappa shape index (κ1) is 90.7. The molecule has 17 atom stereocenters. The molecule has 3 aliphatic rings. The summed E-state index contributed by atoms with van der Waals surface area (Å²) in [6.07, 6.45) is 50.2. The van der Waals surface area contributed by atoms with Crippen molar-refractivity contribution in [3.63, 3.8) is 0 Å². The molecule has 99 heavy (non-hydrogen) atoms. The topological polar surface area (TPSA) is 307 Å². The summed E-state index contributed by atoms with van der Waals surface area (Å²) in [5.74, 6) is -0.252. The van der Waals surface area contributed by atoms with E-state index in [4.69, 9.17) is 28.4 Å². The normalized spacial score (nSPS) is 26.9. The van der Waals surface area contributed by atoms with Gasteiger partial charge in [-0.3, -0.25) is 4.79 Å². The van der Waals surface area contributed by atoms with Crippen LogP contribution in [0.1, 0.15) is 309 Å². The zero-order valence-corrected chi connectivity index (χ0v) is 61.7. The molecule has 19 nitrogen and oxygen atoms in total. The molecular formula is C80H145NO18. The molecule has 0 bridgehead atoms. The van der Waals surface area contributed by atoms with Gasteiger partial charge in [0.15, 0.2) is 18.9 Å². The standard InChI is InChI=1S/C80H145NO18/c1-3-5-7-9-11-13-15-17-19-21-23-25-27-28-29-30-31-32-33-34-36-37-39-41-43-45-47-49-51-53-55-57-64(85)63(81-68(86)58-56-54-52-50-48-46-44-42-40-38-35-26-24-22-20-18-16-14-12-10-8-6-4-2)62-94-78-74(92)71(89)76(66(60-83)96-78)99-80-75(93)72(90)77(67(61-84)97-80)98-79-73(91)70(88)69(87)65(59-82)95-79/h6,8,12,14,18,20,24,26,38,40,63-67,69-80,82-85,87-93H,3-5,7,9-11,13,15-17,19,21-23,25,27-37,39,41-62H2,1-2H3,(H,81,86)/b8-6-,14-12-,20-18-,26-24-,40-38-. The molecule has 0 radical (unpaired) electrons. The highest BCUT2D eigenvalue weighted by Gasteiger charge is 2.54. The first-order valence-electron chi connectivity index (χ1n) is 40.0. The smallest absolute Gasteiger partial charge is 0.220 e. The molecule has 0 spiro atoms. The van der Waals surface area contributed by atoms with Gasteiger partial charge in [-0.15, -0.1) is 0 Å². The molecule has 0 aliphatic carbocycles. The van der Waals surface area contributed by atoms with Crippen LogP contribution < -0.4 is 5.32 Å². The maximum Gasteiger partial charge on any atom is 0.220 e. The van der Waals surface area contributed by atoms with Gasteiger partial charge in [0.05, 0.1) is 38.6 Å². The second kappa shape index (κ2) is 60.7. The van der Waals surface area contributed by atoms with Crippen molar-refractivity contribution in [1.29, 1.82) is 0 Å². The molecule has 3 aliphatic heterocycles. The van der Waals surface area contributed by atoms with E-state index >= 15 is 0 Å². The zero-order chi connectivity index (χ0) is 71.8. The third-order valence-electron chi connectivity index (χ3n) is 19.9. The number of ether oxygens (including phenoxy) is 6. The van der Waals surface area contributed by atoms with E-state index in [0.29, 0.717) is 12.8 Å². The highest BCUT2D eigenvalue weighted by atomic mass is 16.8. The fourth-order valence-electron chi connectivity index (χ4n) is 13.5. The highest BCUT2D eigenvalue weighted by molar-refractivity contribution is 5.76. The van der Waals surface area contributed by atoms with Crippen molar-refractivity contribution in [3.05, 3.63) is 60.8 Å². The first-order valence-corrected chi connectivity index (χ1v) is 40.0. The molecule has 0 saturated carbocycles. The summed E-state index contributed by atoms with van der Waals surface area (Å²) in [7, 11) is 0. The fourth-order valence-corrected chi connectivity index (χ4v) is 13.5. The monoisotopic (exact) mass is 1410 g/mol. The van der Waals surface area contributed by atoms with Crippen molar-refractivity contribution in [1.82, 2.24) is 5.32 Å². The minimum atomic E-state index is -1.98. The van der Waals surface area contributed by atoms with Gasteiger partial charge in [0.25, 0.3) is 0 Å². The van der Waals surface area contributed by atoms with E-state index in [2.05, 4.69) is 79.9 Å². The van der Waals surface area contributed by atoms with Crippen LogP contribution in [0.4, 0.5) is 0 Å². The lowest BCUT2D eigenvalue weighted by Crippen LogP contribution is -2.66. The van der Waals surface area contributed by atoms with Crippen LogP contribution >= 0.6 is 0 Å². The predicted octanol–water partition coefficient (Wildman–Crippen LogP) is 13.1. The van der Waals surface area contributed by atoms with E-state index in [1.807, 2.05) is 0 Å². The third-order valence-corrected chi connectivity index (χ3v) is 19.9. The molecule has 3 fully saturated rings. The zero-order valence-electron chi connectivity index (χ0n) is 61.7. The van der Waals surface area contributed by atoms with Crippen LogP contribution in [0.15, 0.2) is 60.8 Å². The van der Waals surface area contributed by atoms with Crippen molar-refractivity contribution < 1.29 is 89.4 Å². The number of nitrogens with one attached hydrogen (secondary N) is 1. The molecule has 578 valence electrons. The summed E-state index contributed by atoms with van der Waals surface area (Å²) in [6, 6.07) is -0.899. The molecule has 0 aromatic carbocycles. The molecule has 3 rings (SSSR count). The second-order valence-electron chi connectivity index (χ2n) is 28.5. The fraction of sp³-hybridized carbons (Fsp3) is 0.863. The van der Waals surface area contributed by atoms with Gasteiger partial charge < -0.3 is 89.9 Å². The first-order chi connectivity index (χ1) is 48.3. The number of carbonyl (C=O) groups is 1. The SMILES string of the molecule is CC/C=C\C/C=C\C/C=C\C/C=C\C/C=C\CCCCCCCCCC(=O)NC(COC1OC(CO)C(OC2OC(CO)C(OC3OC(CO)C(O)C(O)C3O)C(O)C2O)C(O)C1O)C(O)CCCCCCCCCCCCCCCCCCCCCCCCCCCCCCCCC. The Morgan fingerprint density at radius 2 is 0.697 bits per heavy atom. The average Bonchev–Trinajstić information content (AvgIpc) is 0.782. The molecule has 19 heteroatoms. The number of allylic oxidation sites excluding steroid dienone is 10. The van der Waals surface area contributed by atoms with Gasteiger partial charge in [0, 0.05) is 6.42 Å². The number of hydrogen-bond acceptors (Lipinski definition) is 18. The van der Waals surface area contributed by atoms with Crippen molar-refractivity contribution in [2.45, 2.75) is 413 Å². The van der Waals surface area contributed by atoms with Crippen LogP contribution in [-0.2, 0) is 33.2 Å². The Morgan fingerprint density at radius 3 is 1.09 bits per heavy atom. The Hall–Kier alpha value is -2.51. The summed E-state index contributed by atoms with van der Waals surface area (Å²) in [5, 5.41) is 121. The second-order valence-corrected chi connectivity index (χ2v) is 28.5. The van der Waals surface area contributed by atoms with Gasteiger partial charge in [-0.1, -0.05) is 306 Å². The lowest BCUT2D eigenvalue weighted by Gasteiger charge is -2.48. The molecule has 0 aromatic rings. The minimum Gasteiger partial charge on any atom is -0.394 e. The number of unbranched alkanes of at least 4 members (excludes halogenated alkanes) is 37. The molecule has 3 saturated heterocycles. The van der Waals surface area contributed by atoms with Gasteiger partial charge >= 0.3 is 0 Å². The van der Waals surface area contributed by atoms with Crippen LogP contribution in [0.5, 0.6) is 0 Å². The Kier molecular flexibility index (Phi) is 55.6. The number of carbonyl (C=O) groups excluding carboxylic acids is 1. The molecule has 17 unspecified atom stereocenters. The van der Waals surface area contributed by atoms with E-state index in [9.17, 15) is 61.0 Å². The largest absolute Gasteiger partial charge is 0.394 e. The Labute approximate surface area is 598 Å². The van der Waals surface area contributed by atoms with Crippen LogP contribution in [0.3, 0.4) is 0 Å².